The topological polar surface area (TPSA) is 137 Å². The number of carboxylic acids is 1. The lowest BCUT2D eigenvalue weighted by Gasteiger charge is -2.34. The fourth-order valence-corrected chi connectivity index (χ4v) is 2.88. The van der Waals surface area contributed by atoms with E-state index in [-0.39, 0.29) is 24.0 Å². The Labute approximate surface area is 231 Å². The van der Waals surface area contributed by atoms with E-state index in [1.807, 2.05) is 13.8 Å². The van der Waals surface area contributed by atoms with Crippen molar-refractivity contribution in [2.24, 2.45) is 10.8 Å². The summed E-state index contributed by atoms with van der Waals surface area (Å²) in [5, 5.41) is 13.2. The Morgan fingerprint density at radius 2 is 1.36 bits per heavy atom. The molecule has 2 N–H and O–H groups in total. The second-order valence-electron chi connectivity index (χ2n) is 12.4. The zero-order valence-electron chi connectivity index (χ0n) is 25.1. The summed E-state index contributed by atoms with van der Waals surface area (Å²) < 4.78 is 21.9. The average Bonchev–Trinajstić information content (AvgIpc) is 2.78. The average molecular weight is 552 g/mol. The molecule has 220 valence electrons. The van der Waals surface area contributed by atoms with E-state index in [1.165, 1.54) is 18.2 Å². The molecule has 1 rings (SSSR count). The number of ether oxygens (including phenoxy) is 4. The Morgan fingerprint density at radius 1 is 0.846 bits per heavy atom. The van der Waals surface area contributed by atoms with Gasteiger partial charge in [-0.3, -0.25) is 14.9 Å². The van der Waals surface area contributed by atoms with Crippen LogP contribution in [0.3, 0.4) is 0 Å². The van der Waals surface area contributed by atoms with Crippen molar-refractivity contribution >= 4 is 24.1 Å². The molecular formula is C29H45NO9. The van der Waals surface area contributed by atoms with Gasteiger partial charge in [0.25, 0.3) is 5.72 Å². The molecule has 0 spiro atoms. The van der Waals surface area contributed by atoms with Gasteiger partial charge in [0.2, 0.25) is 0 Å². The summed E-state index contributed by atoms with van der Waals surface area (Å²) in [4.78, 5) is 50.6. The number of hydrogen-bond acceptors (Lipinski definition) is 9. The molecule has 10 nitrogen and oxygen atoms in total. The van der Waals surface area contributed by atoms with Crippen LogP contribution in [0.2, 0.25) is 0 Å². The van der Waals surface area contributed by atoms with Crippen molar-refractivity contribution in [1.82, 2.24) is 5.32 Å². The molecule has 0 radical (unpaired) electrons. The largest absolute Gasteiger partial charge is 0.511 e. The van der Waals surface area contributed by atoms with Gasteiger partial charge in [-0.05, 0) is 92.9 Å². The first kappa shape index (κ1) is 33.9. The van der Waals surface area contributed by atoms with E-state index in [0.717, 1.165) is 0 Å². The van der Waals surface area contributed by atoms with Gasteiger partial charge in [0.1, 0.15) is 5.60 Å². The highest BCUT2D eigenvalue weighted by Gasteiger charge is 2.45. The predicted octanol–water partition coefficient (Wildman–Crippen LogP) is 5.64. The maximum Gasteiger partial charge on any atom is 0.511 e. The minimum absolute atomic E-state index is 0.00268. The van der Waals surface area contributed by atoms with Gasteiger partial charge < -0.3 is 24.1 Å². The molecule has 1 aromatic carbocycles. The number of hydrogen-bond donors (Lipinski definition) is 2. The number of rotatable bonds is 11. The third-order valence-corrected chi connectivity index (χ3v) is 6.00. The van der Waals surface area contributed by atoms with E-state index < -0.39 is 46.2 Å². The lowest BCUT2D eigenvalue weighted by molar-refractivity contribution is -0.169. The van der Waals surface area contributed by atoms with Crippen LogP contribution in [0.1, 0.15) is 94.6 Å². The van der Waals surface area contributed by atoms with Crippen LogP contribution >= 0.6 is 0 Å². The first-order chi connectivity index (χ1) is 17.7. The molecule has 0 bridgehead atoms. The van der Waals surface area contributed by atoms with Gasteiger partial charge >= 0.3 is 24.1 Å². The number of carbonyl (C=O) groups excluding carboxylic acids is 3. The summed E-state index contributed by atoms with van der Waals surface area (Å²) in [6.45, 7) is 18.9. The minimum atomic E-state index is -2.20. The van der Waals surface area contributed by atoms with Crippen LogP contribution < -0.4 is 14.8 Å². The molecule has 1 aromatic rings. The number of carboxylic acid groups (broad SMARTS) is 1. The van der Waals surface area contributed by atoms with Crippen LogP contribution in [-0.2, 0) is 30.3 Å². The van der Waals surface area contributed by atoms with E-state index in [4.69, 9.17) is 18.9 Å². The zero-order chi connectivity index (χ0) is 30.4. The lowest BCUT2D eigenvalue weighted by Crippen LogP contribution is -2.60. The first-order valence-electron chi connectivity index (χ1n) is 13.2. The van der Waals surface area contributed by atoms with Crippen LogP contribution in [0.4, 0.5) is 4.79 Å². The van der Waals surface area contributed by atoms with Gasteiger partial charge in [-0.25, -0.2) is 9.59 Å². The SMILES string of the molecule is CCC(C)N[C@@](Cc1ccc(OC(=O)C(C)(C)C)c(OC(=O)C(C)(C)C)c1)(OC(=O)OC(C)(C)CC)C(=O)O. The summed E-state index contributed by atoms with van der Waals surface area (Å²) >= 11 is 0. The summed E-state index contributed by atoms with van der Waals surface area (Å²) in [7, 11) is 0. The Morgan fingerprint density at radius 3 is 1.79 bits per heavy atom. The van der Waals surface area contributed by atoms with Crippen LogP contribution in [-0.4, -0.2) is 46.5 Å². The summed E-state index contributed by atoms with van der Waals surface area (Å²) in [6.07, 6.45) is -0.459. The predicted molar refractivity (Wildman–Crippen MR) is 146 cm³/mol. The van der Waals surface area contributed by atoms with Gasteiger partial charge in [0, 0.05) is 12.5 Å². The molecule has 0 fully saturated rings. The fraction of sp³-hybridized carbons (Fsp3) is 0.655. The number of benzene rings is 1. The molecule has 0 saturated heterocycles. The summed E-state index contributed by atoms with van der Waals surface area (Å²) in [6, 6.07) is 3.98. The molecule has 0 aromatic heterocycles. The van der Waals surface area contributed by atoms with Crippen molar-refractivity contribution in [2.45, 2.75) is 113 Å². The van der Waals surface area contributed by atoms with Crippen LogP contribution in [0.25, 0.3) is 0 Å². The van der Waals surface area contributed by atoms with Gasteiger partial charge in [-0.1, -0.05) is 19.9 Å². The Bertz CT molecular complexity index is 1050. The zero-order valence-corrected chi connectivity index (χ0v) is 25.1. The molecule has 2 atom stereocenters. The highest BCUT2D eigenvalue weighted by molar-refractivity contribution is 5.82. The smallest absolute Gasteiger partial charge is 0.477 e. The highest BCUT2D eigenvalue weighted by Crippen LogP contribution is 2.34. The van der Waals surface area contributed by atoms with Crippen molar-refractivity contribution < 1.29 is 43.2 Å². The molecule has 0 heterocycles. The molecule has 0 aliphatic rings. The maximum absolute atomic E-state index is 12.7. The van der Waals surface area contributed by atoms with Crippen LogP contribution in [0.5, 0.6) is 11.5 Å². The second-order valence-corrected chi connectivity index (χ2v) is 12.4. The second kappa shape index (κ2) is 12.8. The molecule has 0 aliphatic heterocycles. The van der Waals surface area contributed by atoms with Crippen molar-refractivity contribution in [3.63, 3.8) is 0 Å². The van der Waals surface area contributed by atoms with Crippen molar-refractivity contribution in [2.75, 3.05) is 0 Å². The van der Waals surface area contributed by atoms with E-state index in [2.05, 4.69) is 5.32 Å². The molecule has 0 saturated carbocycles. The minimum Gasteiger partial charge on any atom is -0.477 e. The quantitative estimate of drug-likeness (QED) is 0.202. The van der Waals surface area contributed by atoms with Crippen LogP contribution in [0, 0.1) is 10.8 Å². The molecule has 39 heavy (non-hydrogen) atoms. The maximum atomic E-state index is 12.7. The summed E-state index contributed by atoms with van der Waals surface area (Å²) in [5.74, 6) is -2.65. The van der Waals surface area contributed by atoms with E-state index in [0.29, 0.717) is 18.4 Å². The van der Waals surface area contributed by atoms with Crippen LogP contribution in [0.15, 0.2) is 18.2 Å². The van der Waals surface area contributed by atoms with Crippen molar-refractivity contribution in [3.8, 4) is 11.5 Å². The standard InChI is InChI=1S/C29H45NO9/c1-12-18(3)30-29(22(31)32,39-25(35)38-28(10,11)13-2)17-19-14-15-20(36-23(33)26(4,5)6)21(16-19)37-24(34)27(7,8)9/h14-16,18,30H,12-13,17H2,1-11H3,(H,31,32)/t18?,29-/m0/s1. The number of aliphatic carboxylic acids is 1. The Hall–Kier alpha value is -3.14. The first-order valence-corrected chi connectivity index (χ1v) is 13.2. The number of nitrogens with one attached hydrogen (secondary N) is 1. The van der Waals surface area contributed by atoms with Gasteiger partial charge in [0.15, 0.2) is 11.5 Å². The molecule has 1 unspecified atom stereocenters. The monoisotopic (exact) mass is 551 g/mol. The van der Waals surface area contributed by atoms with E-state index in [1.54, 1.807) is 62.3 Å². The van der Waals surface area contributed by atoms with E-state index >= 15 is 0 Å². The Kier molecular flexibility index (Phi) is 11.1. The molecule has 0 aliphatic carbocycles. The van der Waals surface area contributed by atoms with Gasteiger partial charge in [0.05, 0.1) is 10.8 Å². The molecule has 0 amide bonds. The number of carbonyl (C=O) groups is 4. The third-order valence-electron chi connectivity index (χ3n) is 6.00. The van der Waals surface area contributed by atoms with Crippen molar-refractivity contribution in [1.29, 1.82) is 0 Å². The van der Waals surface area contributed by atoms with Gasteiger partial charge in [-0.2, -0.15) is 0 Å². The van der Waals surface area contributed by atoms with E-state index in [9.17, 15) is 24.3 Å². The number of esters is 2. The highest BCUT2D eigenvalue weighted by atomic mass is 16.8. The third kappa shape index (κ3) is 10.2. The fourth-order valence-electron chi connectivity index (χ4n) is 2.88. The Balaban J connectivity index is 3.58. The van der Waals surface area contributed by atoms with Crippen molar-refractivity contribution in [3.05, 3.63) is 23.8 Å². The lowest BCUT2D eigenvalue weighted by atomic mass is 9.97. The molecular weight excluding hydrogens is 506 g/mol. The normalized spacial score (nSPS) is 14.5. The molecule has 10 heteroatoms. The summed E-state index contributed by atoms with van der Waals surface area (Å²) in [5.41, 5.74) is -4.44. The van der Waals surface area contributed by atoms with Gasteiger partial charge in [-0.15, -0.1) is 0 Å².